The Kier molecular flexibility index (Phi) is 6.32. The molecule has 2 aliphatic rings. The summed E-state index contributed by atoms with van der Waals surface area (Å²) in [6.07, 6.45) is 7.30. The summed E-state index contributed by atoms with van der Waals surface area (Å²) < 4.78 is 0. The number of carbonyl (C=O) groups is 2. The van der Waals surface area contributed by atoms with Crippen molar-refractivity contribution in [3.05, 3.63) is 41.5 Å². The molecule has 27 heavy (non-hydrogen) atoms. The number of amides is 2. The van der Waals surface area contributed by atoms with E-state index in [1.54, 1.807) is 4.90 Å². The van der Waals surface area contributed by atoms with Crippen LogP contribution in [-0.2, 0) is 9.59 Å². The fraction of sp³-hybridized carbons (Fsp3) is 0.545. The van der Waals surface area contributed by atoms with Crippen molar-refractivity contribution in [1.82, 2.24) is 10.2 Å². The van der Waals surface area contributed by atoms with Gasteiger partial charge in [0.05, 0.1) is 18.7 Å². The largest absolute Gasteiger partial charge is 0.394 e. The standard InChI is InChI=1S/C22H30N2O3/c1-3-5-15-8-10-17(11-9-15)22-18(13-23-20(26)12-16-6-7-16)24(19(22)14-25)21(27)4-2/h3,5,8-11,16,18-19,22,25H,4,6-7,12-14H2,1-2H3,(H,23,26)/b5-3+/t18-,19+,22-/m1/s1. The van der Waals surface area contributed by atoms with Gasteiger partial charge >= 0.3 is 0 Å². The normalized spacial score (nSPS) is 24.7. The summed E-state index contributed by atoms with van der Waals surface area (Å²) in [6.45, 7) is 4.18. The summed E-state index contributed by atoms with van der Waals surface area (Å²) in [5.41, 5.74) is 2.22. The van der Waals surface area contributed by atoms with Crippen LogP contribution in [0.25, 0.3) is 6.08 Å². The van der Waals surface area contributed by atoms with Crippen molar-refractivity contribution >= 4 is 17.9 Å². The molecule has 146 valence electrons. The lowest BCUT2D eigenvalue weighted by atomic mass is 9.74. The van der Waals surface area contributed by atoms with E-state index >= 15 is 0 Å². The summed E-state index contributed by atoms with van der Waals surface area (Å²) in [7, 11) is 0. The van der Waals surface area contributed by atoms with E-state index in [0.29, 0.717) is 25.3 Å². The Hall–Kier alpha value is -2.14. The first-order chi connectivity index (χ1) is 13.1. The van der Waals surface area contributed by atoms with E-state index < -0.39 is 0 Å². The molecule has 1 saturated carbocycles. The number of nitrogens with one attached hydrogen (secondary N) is 1. The average molecular weight is 370 g/mol. The molecule has 5 nitrogen and oxygen atoms in total. The van der Waals surface area contributed by atoms with Crippen molar-refractivity contribution in [2.24, 2.45) is 5.92 Å². The Morgan fingerprint density at radius 3 is 2.48 bits per heavy atom. The van der Waals surface area contributed by atoms with E-state index in [4.69, 9.17) is 0 Å². The number of likely N-dealkylation sites (tertiary alicyclic amines) is 1. The summed E-state index contributed by atoms with van der Waals surface area (Å²) >= 11 is 0. The predicted octanol–water partition coefficient (Wildman–Crippen LogP) is 2.70. The van der Waals surface area contributed by atoms with Crippen LogP contribution in [0.15, 0.2) is 30.3 Å². The topological polar surface area (TPSA) is 69.6 Å². The SMILES string of the molecule is C/C=C/c1ccc([C@@H]2[C@@H](CNC(=O)CC3CC3)N(C(=O)CC)[C@H]2CO)cc1. The molecule has 2 amide bonds. The molecule has 1 aliphatic heterocycles. The lowest BCUT2D eigenvalue weighted by molar-refractivity contribution is -0.150. The molecule has 0 unspecified atom stereocenters. The Morgan fingerprint density at radius 2 is 1.93 bits per heavy atom. The fourth-order valence-electron chi connectivity index (χ4n) is 4.07. The van der Waals surface area contributed by atoms with Gasteiger partial charge in [-0.1, -0.05) is 43.3 Å². The average Bonchev–Trinajstić information content (AvgIpc) is 3.46. The summed E-state index contributed by atoms with van der Waals surface area (Å²) in [6, 6.07) is 7.90. The second-order valence-corrected chi connectivity index (χ2v) is 7.62. The van der Waals surface area contributed by atoms with Gasteiger partial charge in [-0.15, -0.1) is 0 Å². The molecule has 1 aliphatic carbocycles. The zero-order valence-corrected chi connectivity index (χ0v) is 16.2. The van der Waals surface area contributed by atoms with Gasteiger partial charge in [0.1, 0.15) is 0 Å². The van der Waals surface area contributed by atoms with Crippen molar-refractivity contribution in [3.8, 4) is 0 Å². The molecule has 5 heteroatoms. The number of nitrogens with zero attached hydrogens (tertiary/aromatic N) is 1. The quantitative estimate of drug-likeness (QED) is 0.739. The molecule has 0 bridgehead atoms. The van der Waals surface area contributed by atoms with Crippen LogP contribution in [0.1, 0.15) is 56.6 Å². The Bertz CT molecular complexity index is 694. The van der Waals surface area contributed by atoms with Gasteiger partial charge < -0.3 is 15.3 Å². The van der Waals surface area contributed by atoms with Crippen LogP contribution in [0.4, 0.5) is 0 Å². The first-order valence-corrected chi connectivity index (χ1v) is 10.00. The minimum absolute atomic E-state index is 0.0253. The molecule has 0 aromatic heterocycles. The molecule has 1 saturated heterocycles. The Labute approximate surface area is 161 Å². The molecular formula is C22H30N2O3. The highest BCUT2D eigenvalue weighted by molar-refractivity contribution is 5.79. The van der Waals surface area contributed by atoms with E-state index in [2.05, 4.69) is 29.6 Å². The Balaban J connectivity index is 1.74. The van der Waals surface area contributed by atoms with Gasteiger partial charge in [0.2, 0.25) is 11.8 Å². The molecule has 0 radical (unpaired) electrons. The van der Waals surface area contributed by atoms with Crippen LogP contribution in [-0.4, -0.2) is 47.1 Å². The summed E-state index contributed by atoms with van der Waals surface area (Å²) in [4.78, 5) is 26.3. The van der Waals surface area contributed by atoms with E-state index in [-0.39, 0.29) is 36.4 Å². The van der Waals surface area contributed by atoms with Gasteiger partial charge in [0.15, 0.2) is 0 Å². The second kappa shape index (κ2) is 8.70. The molecule has 2 fully saturated rings. The van der Waals surface area contributed by atoms with Crippen molar-refractivity contribution < 1.29 is 14.7 Å². The van der Waals surface area contributed by atoms with Crippen LogP contribution in [0, 0.1) is 5.92 Å². The minimum Gasteiger partial charge on any atom is -0.394 e. The van der Waals surface area contributed by atoms with Crippen molar-refractivity contribution in [2.75, 3.05) is 13.2 Å². The highest BCUT2D eigenvalue weighted by atomic mass is 16.3. The third-order valence-corrected chi connectivity index (χ3v) is 5.68. The van der Waals surface area contributed by atoms with Crippen LogP contribution >= 0.6 is 0 Å². The molecule has 2 N–H and O–H groups in total. The summed E-state index contributed by atoms with van der Waals surface area (Å²) in [5, 5.41) is 12.9. The molecular weight excluding hydrogens is 340 g/mol. The molecule has 3 rings (SSSR count). The highest BCUT2D eigenvalue weighted by Crippen LogP contribution is 2.41. The van der Waals surface area contributed by atoms with E-state index in [1.165, 1.54) is 0 Å². The maximum Gasteiger partial charge on any atom is 0.222 e. The number of aliphatic hydroxyl groups is 1. The van der Waals surface area contributed by atoms with Crippen LogP contribution < -0.4 is 5.32 Å². The third-order valence-electron chi connectivity index (χ3n) is 5.68. The van der Waals surface area contributed by atoms with Crippen LogP contribution in [0.3, 0.4) is 0 Å². The predicted molar refractivity (Wildman–Crippen MR) is 106 cm³/mol. The Morgan fingerprint density at radius 1 is 1.22 bits per heavy atom. The smallest absolute Gasteiger partial charge is 0.222 e. The van der Waals surface area contributed by atoms with Gasteiger partial charge in [-0.05, 0) is 36.8 Å². The number of rotatable bonds is 8. The van der Waals surface area contributed by atoms with E-state index in [0.717, 1.165) is 24.0 Å². The molecule has 1 aromatic rings. The number of benzene rings is 1. The second-order valence-electron chi connectivity index (χ2n) is 7.62. The third kappa shape index (κ3) is 4.41. The van der Waals surface area contributed by atoms with Crippen LogP contribution in [0.5, 0.6) is 0 Å². The van der Waals surface area contributed by atoms with Gasteiger partial charge in [0.25, 0.3) is 0 Å². The van der Waals surface area contributed by atoms with Crippen molar-refractivity contribution in [3.63, 3.8) is 0 Å². The molecule has 1 aromatic carbocycles. The first kappa shape index (κ1) is 19.6. The number of aliphatic hydroxyl groups excluding tert-OH is 1. The zero-order chi connectivity index (χ0) is 19.4. The van der Waals surface area contributed by atoms with E-state index in [1.807, 2.05) is 26.0 Å². The van der Waals surface area contributed by atoms with Crippen LogP contribution in [0.2, 0.25) is 0 Å². The van der Waals surface area contributed by atoms with E-state index in [9.17, 15) is 14.7 Å². The molecule has 1 heterocycles. The molecule has 0 spiro atoms. The summed E-state index contributed by atoms with van der Waals surface area (Å²) in [5.74, 6) is 0.666. The maximum atomic E-state index is 12.4. The lowest BCUT2D eigenvalue weighted by Crippen LogP contribution is -2.68. The van der Waals surface area contributed by atoms with Gasteiger partial charge in [-0.2, -0.15) is 0 Å². The first-order valence-electron chi connectivity index (χ1n) is 10.00. The van der Waals surface area contributed by atoms with Crippen molar-refractivity contribution in [2.45, 2.75) is 57.5 Å². The van der Waals surface area contributed by atoms with Gasteiger partial charge in [0, 0.05) is 25.3 Å². The van der Waals surface area contributed by atoms with Gasteiger partial charge in [-0.3, -0.25) is 9.59 Å². The minimum atomic E-state index is -0.227. The number of hydrogen-bond donors (Lipinski definition) is 2. The zero-order valence-electron chi connectivity index (χ0n) is 16.2. The maximum absolute atomic E-state index is 12.4. The monoisotopic (exact) mass is 370 g/mol. The lowest BCUT2D eigenvalue weighted by Gasteiger charge is -2.55. The highest BCUT2D eigenvalue weighted by Gasteiger charge is 2.50. The molecule has 3 atom stereocenters. The van der Waals surface area contributed by atoms with Gasteiger partial charge in [-0.25, -0.2) is 0 Å². The number of allylic oxidation sites excluding steroid dienone is 1. The number of carbonyl (C=O) groups excluding carboxylic acids is 2. The fourth-order valence-corrected chi connectivity index (χ4v) is 4.07. The van der Waals surface area contributed by atoms with Crippen molar-refractivity contribution in [1.29, 1.82) is 0 Å². The number of hydrogen-bond acceptors (Lipinski definition) is 3.